The Kier molecular flexibility index (Phi) is 8.74. The number of aryl methyl sites for hydroxylation is 1. The van der Waals surface area contributed by atoms with E-state index in [1.807, 2.05) is 36.4 Å². The van der Waals surface area contributed by atoms with Crippen molar-refractivity contribution >= 4 is 23.6 Å². The van der Waals surface area contributed by atoms with Crippen LogP contribution in [0.25, 0.3) is 0 Å². The van der Waals surface area contributed by atoms with Crippen LogP contribution in [0, 0.1) is 0 Å². The molecule has 2 amide bonds. The Hall–Kier alpha value is -2.35. The highest BCUT2D eigenvalue weighted by molar-refractivity contribution is 7.99. The van der Waals surface area contributed by atoms with E-state index in [0.717, 1.165) is 18.6 Å². The van der Waals surface area contributed by atoms with Crippen LogP contribution in [0.1, 0.15) is 18.4 Å². The fourth-order valence-electron chi connectivity index (χ4n) is 3.53. The Balaban J connectivity index is 1.55. The molecule has 0 spiro atoms. The summed E-state index contributed by atoms with van der Waals surface area (Å²) in [5, 5.41) is 9.29. The van der Waals surface area contributed by atoms with Gasteiger partial charge in [-0.2, -0.15) is 0 Å². The third-order valence-electron chi connectivity index (χ3n) is 5.16. The first kappa shape index (κ1) is 22.3. The second-order valence-electron chi connectivity index (χ2n) is 7.52. The van der Waals surface area contributed by atoms with Gasteiger partial charge in [-0.15, -0.1) is 11.8 Å². The van der Waals surface area contributed by atoms with Crippen LogP contribution in [-0.4, -0.2) is 48.8 Å². The van der Waals surface area contributed by atoms with Crippen LogP contribution in [0.4, 0.5) is 0 Å². The van der Waals surface area contributed by atoms with E-state index in [9.17, 15) is 9.59 Å². The summed E-state index contributed by atoms with van der Waals surface area (Å²) in [6.45, 7) is 0.545. The second kappa shape index (κ2) is 11.7. The lowest BCUT2D eigenvalue weighted by Gasteiger charge is -2.21. The van der Waals surface area contributed by atoms with Crippen LogP contribution < -0.4 is 21.7 Å². The number of hydrogen-bond acceptors (Lipinski definition) is 5. The molecule has 0 aromatic heterocycles. The van der Waals surface area contributed by atoms with E-state index in [2.05, 4.69) is 40.2 Å². The van der Waals surface area contributed by atoms with Crippen molar-refractivity contribution in [1.29, 1.82) is 0 Å². The molecule has 3 rings (SSSR count). The van der Waals surface area contributed by atoms with Crippen molar-refractivity contribution in [2.24, 2.45) is 5.73 Å². The minimum atomic E-state index is -0.297. The van der Waals surface area contributed by atoms with E-state index in [1.165, 1.54) is 10.5 Å². The summed E-state index contributed by atoms with van der Waals surface area (Å²) < 4.78 is 0. The molecule has 1 heterocycles. The molecule has 0 saturated carbocycles. The Labute approximate surface area is 182 Å². The third kappa shape index (κ3) is 7.16. The predicted molar refractivity (Wildman–Crippen MR) is 121 cm³/mol. The highest BCUT2D eigenvalue weighted by atomic mass is 32.2. The van der Waals surface area contributed by atoms with Crippen LogP contribution in [0.3, 0.4) is 0 Å². The van der Waals surface area contributed by atoms with Crippen molar-refractivity contribution < 1.29 is 9.59 Å². The summed E-state index contributed by atoms with van der Waals surface area (Å²) in [6.07, 6.45) is 2.36. The van der Waals surface area contributed by atoms with Gasteiger partial charge in [-0.25, -0.2) is 0 Å². The van der Waals surface area contributed by atoms with Crippen LogP contribution in [0.15, 0.2) is 65.6 Å². The number of nitrogens with one attached hydrogen (secondary N) is 3. The van der Waals surface area contributed by atoms with E-state index in [-0.39, 0.29) is 36.5 Å². The van der Waals surface area contributed by atoms with Gasteiger partial charge in [-0.3, -0.25) is 9.59 Å². The lowest BCUT2D eigenvalue weighted by Crippen LogP contribution is -2.46. The third-order valence-corrected chi connectivity index (χ3v) is 6.34. The normalized spacial score (nSPS) is 19.2. The summed E-state index contributed by atoms with van der Waals surface area (Å²) in [5.41, 5.74) is 6.63. The molecule has 2 aromatic carbocycles. The number of amides is 2. The van der Waals surface area contributed by atoms with E-state index in [4.69, 9.17) is 5.73 Å². The quantitative estimate of drug-likeness (QED) is 0.434. The summed E-state index contributed by atoms with van der Waals surface area (Å²) in [5.74, 6) is 0.608. The Morgan fingerprint density at radius 1 is 1.10 bits per heavy atom. The monoisotopic (exact) mass is 426 g/mol. The zero-order chi connectivity index (χ0) is 21.2. The van der Waals surface area contributed by atoms with E-state index >= 15 is 0 Å². The molecule has 30 heavy (non-hydrogen) atoms. The minimum absolute atomic E-state index is 0.00813. The molecule has 1 unspecified atom stereocenters. The first-order valence-electron chi connectivity index (χ1n) is 10.4. The smallest absolute Gasteiger partial charge is 0.237 e. The summed E-state index contributed by atoms with van der Waals surface area (Å²) in [7, 11) is 0. The second-order valence-corrected chi connectivity index (χ2v) is 8.61. The Bertz CT molecular complexity index is 760. The van der Waals surface area contributed by atoms with Crippen LogP contribution in [0.5, 0.6) is 0 Å². The van der Waals surface area contributed by atoms with Gasteiger partial charge in [0, 0.05) is 29.3 Å². The van der Waals surface area contributed by atoms with Gasteiger partial charge >= 0.3 is 0 Å². The van der Waals surface area contributed by atoms with Gasteiger partial charge in [0.2, 0.25) is 11.8 Å². The molecular formula is C23H30N4O2S. The topological polar surface area (TPSA) is 96.2 Å². The molecule has 5 N–H and O–H groups in total. The van der Waals surface area contributed by atoms with Crippen molar-refractivity contribution in [3.05, 3.63) is 66.2 Å². The summed E-state index contributed by atoms with van der Waals surface area (Å²) in [6, 6.07) is 20.3. The number of nitrogens with two attached hydrogens (primary N) is 1. The molecule has 0 aliphatic carbocycles. The highest BCUT2D eigenvalue weighted by Gasteiger charge is 2.31. The van der Waals surface area contributed by atoms with Gasteiger partial charge in [0.1, 0.15) is 0 Å². The van der Waals surface area contributed by atoms with Crippen LogP contribution in [0.2, 0.25) is 0 Å². The largest absolute Gasteiger partial charge is 0.351 e. The SMILES string of the molecule is NCC(=O)N[C@H]1CN[C@H](C(=O)NC(CCc2ccccc2)CSc2ccccc2)C1. The van der Waals surface area contributed by atoms with Gasteiger partial charge < -0.3 is 21.7 Å². The molecule has 1 fully saturated rings. The maximum Gasteiger partial charge on any atom is 0.237 e. The molecule has 0 bridgehead atoms. The molecule has 160 valence electrons. The average molecular weight is 427 g/mol. The van der Waals surface area contributed by atoms with Gasteiger partial charge in [0.05, 0.1) is 12.6 Å². The van der Waals surface area contributed by atoms with Crippen LogP contribution in [-0.2, 0) is 16.0 Å². The van der Waals surface area contributed by atoms with Gasteiger partial charge in [0.25, 0.3) is 0 Å². The van der Waals surface area contributed by atoms with Crippen molar-refractivity contribution in [2.75, 3.05) is 18.8 Å². The van der Waals surface area contributed by atoms with E-state index < -0.39 is 0 Å². The molecule has 1 aliphatic heterocycles. The van der Waals surface area contributed by atoms with Crippen LogP contribution >= 0.6 is 11.8 Å². The molecule has 1 aliphatic rings. The molecule has 1 saturated heterocycles. The number of thioether (sulfide) groups is 1. The average Bonchev–Trinajstić information content (AvgIpc) is 3.25. The van der Waals surface area contributed by atoms with Crippen molar-refractivity contribution in [1.82, 2.24) is 16.0 Å². The zero-order valence-corrected chi connectivity index (χ0v) is 17.9. The number of carbonyl (C=O) groups excluding carboxylic acids is 2. The minimum Gasteiger partial charge on any atom is -0.351 e. The predicted octanol–water partition coefficient (Wildman–Crippen LogP) is 1.70. The fourth-order valence-corrected chi connectivity index (χ4v) is 4.52. The Morgan fingerprint density at radius 3 is 2.50 bits per heavy atom. The number of hydrogen-bond donors (Lipinski definition) is 4. The van der Waals surface area contributed by atoms with E-state index in [1.54, 1.807) is 11.8 Å². The first-order chi connectivity index (χ1) is 14.6. The molecule has 0 radical (unpaired) electrons. The fraction of sp³-hybridized carbons (Fsp3) is 0.391. The van der Waals surface area contributed by atoms with Crippen molar-refractivity contribution in [2.45, 2.75) is 42.3 Å². The number of rotatable bonds is 10. The lowest BCUT2D eigenvalue weighted by molar-refractivity contribution is -0.124. The molecule has 7 heteroatoms. The zero-order valence-electron chi connectivity index (χ0n) is 17.1. The standard InChI is InChI=1S/C23H30N4O2S/c24-14-22(28)26-19-13-21(25-15-19)23(29)27-18(12-11-17-7-3-1-4-8-17)16-30-20-9-5-2-6-10-20/h1-10,18-19,21,25H,11-16,24H2,(H,26,28)(H,27,29)/t18?,19-,21+/m1/s1. The first-order valence-corrected chi connectivity index (χ1v) is 11.4. The molecule has 3 atom stereocenters. The number of benzene rings is 2. The summed E-state index contributed by atoms with van der Waals surface area (Å²) >= 11 is 1.75. The van der Waals surface area contributed by atoms with E-state index in [0.29, 0.717) is 13.0 Å². The summed E-state index contributed by atoms with van der Waals surface area (Å²) in [4.78, 5) is 25.5. The lowest BCUT2D eigenvalue weighted by atomic mass is 10.1. The maximum absolute atomic E-state index is 12.9. The van der Waals surface area contributed by atoms with Crippen molar-refractivity contribution in [3.63, 3.8) is 0 Å². The molecule has 2 aromatic rings. The van der Waals surface area contributed by atoms with Crippen molar-refractivity contribution in [3.8, 4) is 0 Å². The van der Waals surface area contributed by atoms with Gasteiger partial charge in [-0.1, -0.05) is 48.5 Å². The molecule has 6 nitrogen and oxygen atoms in total. The maximum atomic E-state index is 12.9. The highest BCUT2D eigenvalue weighted by Crippen LogP contribution is 2.20. The van der Waals surface area contributed by atoms with Gasteiger partial charge in [0.15, 0.2) is 0 Å². The Morgan fingerprint density at radius 2 is 1.80 bits per heavy atom. The molecular weight excluding hydrogens is 396 g/mol. The van der Waals surface area contributed by atoms with Gasteiger partial charge in [-0.05, 0) is 37.0 Å². The number of carbonyl (C=O) groups is 2.